The van der Waals surface area contributed by atoms with Gasteiger partial charge in [-0.2, -0.15) is 5.10 Å². The molecular weight excluding hydrogens is 308 g/mol. The number of hydrogen-bond donors (Lipinski definition) is 1. The summed E-state index contributed by atoms with van der Waals surface area (Å²) in [6.07, 6.45) is 2.86. The molecular formula is C22H22N2O. The highest BCUT2D eigenvalue weighted by molar-refractivity contribution is 5.62. The second kappa shape index (κ2) is 8.69. The molecule has 0 radical (unpaired) electrons. The van der Waals surface area contributed by atoms with Gasteiger partial charge in [-0.3, -0.25) is 0 Å². The molecule has 126 valence electrons. The summed E-state index contributed by atoms with van der Waals surface area (Å²) in [6.45, 7) is 0. The van der Waals surface area contributed by atoms with Crippen LogP contribution in [0.2, 0.25) is 0 Å². The Bertz CT molecular complexity index is 738. The van der Waals surface area contributed by atoms with Crippen molar-refractivity contribution in [1.29, 1.82) is 0 Å². The minimum absolute atomic E-state index is 0.339. The van der Waals surface area contributed by atoms with E-state index in [2.05, 4.69) is 71.2 Å². The number of ether oxygens (including phenoxy) is 1. The highest BCUT2D eigenvalue weighted by Gasteiger charge is 2.12. The van der Waals surface area contributed by atoms with Crippen LogP contribution in [0, 0.1) is 0 Å². The highest BCUT2D eigenvalue weighted by atomic mass is 16.5. The van der Waals surface area contributed by atoms with Crippen molar-refractivity contribution in [1.82, 2.24) is 5.43 Å². The van der Waals surface area contributed by atoms with Crippen molar-refractivity contribution < 1.29 is 4.74 Å². The number of benzene rings is 3. The zero-order valence-electron chi connectivity index (χ0n) is 14.3. The molecule has 1 aliphatic heterocycles. The van der Waals surface area contributed by atoms with Crippen molar-refractivity contribution in [2.75, 3.05) is 7.11 Å². The summed E-state index contributed by atoms with van der Waals surface area (Å²) < 4.78 is 5.08. The Labute approximate surface area is 149 Å². The van der Waals surface area contributed by atoms with Gasteiger partial charge in [-0.15, -0.1) is 0 Å². The molecule has 1 heterocycles. The minimum Gasteiger partial charge on any atom is -0.497 e. The molecule has 4 rings (SSSR count). The molecule has 0 aromatic heterocycles. The predicted octanol–water partition coefficient (Wildman–Crippen LogP) is 5.07. The summed E-state index contributed by atoms with van der Waals surface area (Å²) in [6, 6.07) is 29.2. The van der Waals surface area contributed by atoms with E-state index in [1.807, 2.05) is 30.5 Å². The molecule has 1 N–H and O–H groups in total. The summed E-state index contributed by atoms with van der Waals surface area (Å²) in [5.74, 6) is 0.891. The van der Waals surface area contributed by atoms with E-state index in [0.29, 0.717) is 6.04 Å². The standard InChI is InChI=1S/C12H10.C10H12N2O/c1-3-7-11(8-4-1)12-9-5-2-6-10-12;1-13-9-4-2-8(3-5-9)10-6-7-11-12-10/h1-10H;2-5,7,10,12H,6H2,1H3. The van der Waals surface area contributed by atoms with Gasteiger partial charge in [0.15, 0.2) is 0 Å². The molecule has 0 spiro atoms. The predicted molar refractivity (Wildman–Crippen MR) is 104 cm³/mol. The summed E-state index contributed by atoms with van der Waals surface area (Å²) in [5, 5.41) is 3.98. The van der Waals surface area contributed by atoms with Crippen molar-refractivity contribution in [3.8, 4) is 16.9 Å². The quantitative estimate of drug-likeness (QED) is 0.727. The Balaban J connectivity index is 0.000000146. The molecule has 0 saturated heterocycles. The SMILES string of the molecule is COc1ccc(C2CC=NN2)cc1.c1ccc(-c2ccccc2)cc1. The lowest BCUT2D eigenvalue weighted by Gasteiger charge is -2.09. The first kappa shape index (κ1) is 16.8. The van der Waals surface area contributed by atoms with Crippen LogP contribution in [0.5, 0.6) is 5.75 Å². The number of nitrogens with zero attached hydrogens (tertiary/aromatic N) is 1. The molecule has 1 atom stereocenters. The van der Waals surface area contributed by atoms with E-state index in [1.165, 1.54) is 16.7 Å². The number of hydrogen-bond acceptors (Lipinski definition) is 3. The molecule has 3 nitrogen and oxygen atoms in total. The molecule has 0 saturated carbocycles. The van der Waals surface area contributed by atoms with E-state index in [-0.39, 0.29) is 0 Å². The fraction of sp³-hybridized carbons (Fsp3) is 0.136. The van der Waals surface area contributed by atoms with Crippen LogP contribution in [0.4, 0.5) is 0 Å². The number of methoxy groups -OCH3 is 1. The minimum atomic E-state index is 0.339. The second-order valence-electron chi connectivity index (χ2n) is 5.73. The van der Waals surface area contributed by atoms with E-state index in [4.69, 9.17) is 4.74 Å². The van der Waals surface area contributed by atoms with E-state index in [9.17, 15) is 0 Å². The van der Waals surface area contributed by atoms with Crippen molar-refractivity contribution in [3.05, 3.63) is 90.5 Å². The Morgan fingerprint density at radius 1 is 0.800 bits per heavy atom. The summed E-state index contributed by atoms with van der Waals surface area (Å²) >= 11 is 0. The molecule has 25 heavy (non-hydrogen) atoms. The van der Waals surface area contributed by atoms with Gasteiger partial charge in [-0.1, -0.05) is 72.8 Å². The molecule has 1 aliphatic rings. The summed E-state index contributed by atoms with van der Waals surface area (Å²) in [4.78, 5) is 0. The average molecular weight is 330 g/mol. The fourth-order valence-corrected chi connectivity index (χ4v) is 2.66. The maximum absolute atomic E-state index is 5.08. The Morgan fingerprint density at radius 3 is 1.80 bits per heavy atom. The Morgan fingerprint density at radius 2 is 1.36 bits per heavy atom. The lowest BCUT2D eigenvalue weighted by Crippen LogP contribution is -2.09. The van der Waals surface area contributed by atoms with Crippen LogP contribution in [0.1, 0.15) is 18.0 Å². The lowest BCUT2D eigenvalue weighted by atomic mass is 10.1. The molecule has 0 aliphatic carbocycles. The fourth-order valence-electron chi connectivity index (χ4n) is 2.66. The van der Waals surface area contributed by atoms with Gasteiger partial charge in [-0.05, 0) is 28.8 Å². The van der Waals surface area contributed by atoms with Gasteiger partial charge in [-0.25, -0.2) is 0 Å². The Hall–Kier alpha value is -3.07. The maximum Gasteiger partial charge on any atom is 0.118 e. The normalized spacial score (nSPS) is 15.0. The van der Waals surface area contributed by atoms with E-state index in [0.717, 1.165) is 12.2 Å². The van der Waals surface area contributed by atoms with Crippen molar-refractivity contribution in [2.45, 2.75) is 12.5 Å². The third kappa shape index (κ3) is 4.70. The van der Waals surface area contributed by atoms with Gasteiger partial charge in [0.25, 0.3) is 0 Å². The van der Waals surface area contributed by atoms with E-state index < -0.39 is 0 Å². The van der Waals surface area contributed by atoms with Crippen molar-refractivity contribution in [2.24, 2.45) is 5.10 Å². The first-order valence-electron chi connectivity index (χ1n) is 8.38. The zero-order chi connectivity index (χ0) is 17.3. The number of hydrazone groups is 1. The molecule has 0 bridgehead atoms. The maximum atomic E-state index is 5.08. The van der Waals surface area contributed by atoms with Crippen molar-refractivity contribution >= 4 is 6.21 Å². The third-order valence-corrected chi connectivity index (χ3v) is 4.06. The number of nitrogens with one attached hydrogen (secondary N) is 1. The zero-order valence-corrected chi connectivity index (χ0v) is 14.3. The Kier molecular flexibility index (Phi) is 5.83. The molecule has 1 unspecified atom stereocenters. The van der Waals surface area contributed by atoms with Crippen molar-refractivity contribution in [3.63, 3.8) is 0 Å². The monoisotopic (exact) mass is 330 g/mol. The van der Waals surface area contributed by atoms with Crippen LogP contribution in [0.25, 0.3) is 11.1 Å². The lowest BCUT2D eigenvalue weighted by molar-refractivity contribution is 0.414. The molecule has 3 aromatic carbocycles. The molecule has 3 heteroatoms. The van der Waals surface area contributed by atoms with E-state index in [1.54, 1.807) is 7.11 Å². The third-order valence-electron chi connectivity index (χ3n) is 4.06. The van der Waals surface area contributed by atoms with Gasteiger partial charge < -0.3 is 10.2 Å². The topological polar surface area (TPSA) is 33.6 Å². The van der Waals surface area contributed by atoms with Gasteiger partial charge in [0, 0.05) is 12.6 Å². The van der Waals surface area contributed by atoms with Crippen LogP contribution in [-0.4, -0.2) is 13.3 Å². The first-order valence-corrected chi connectivity index (χ1v) is 8.38. The summed E-state index contributed by atoms with van der Waals surface area (Å²) in [5.41, 5.74) is 6.84. The average Bonchev–Trinajstić information content (AvgIpc) is 3.25. The molecule has 0 fully saturated rings. The van der Waals surface area contributed by atoms with Gasteiger partial charge in [0.05, 0.1) is 13.2 Å². The van der Waals surface area contributed by atoms with Crippen LogP contribution < -0.4 is 10.2 Å². The van der Waals surface area contributed by atoms with Crippen LogP contribution in [0.3, 0.4) is 0 Å². The first-order chi connectivity index (χ1) is 12.4. The molecule has 0 amide bonds. The van der Waals surface area contributed by atoms with E-state index >= 15 is 0 Å². The van der Waals surface area contributed by atoms with Gasteiger partial charge in [0.2, 0.25) is 0 Å². The smallest absolute Gasteiger partial charge is 0.118 e. The van der Waals surface area contributed by atoms with Crippen LogP contribution >= 0.6 is 0 Å². The summed E-state index contributed by atoms with van der Waals surface area (Å²) in [7, 11) is 1.67. The van der Waals surface area contributed by atoms with Crippen LogP contribution in [-0.2, 0) is 0 Å². The number of rotatable bonds is 3. The molecule has 3 aromatic rings. The van der Waals surface area contributed by atoms with Gasteiger partial charge in [0.1, 0.15) is 5.75 Å². The highest BCUT2D eigenvalue weighted by Crippen LogP contribution is 2.21. The largest absolute Gasteiger partial charge is 0.497 e. The second-order valence-corrected chi connectivity index (χ2v) is 5.73. The van der Waals surface area contributed by atoms with Gasteiger partial charge >= 0.3 is 0 Å². The van der Waals surface area contributed by atoms with Crippen LogP contribution in [0.15, 0.2) is 90.0 Å².